The van der Waals surface area contributed by atoms with Crippen LogP contribution < -0.4 is 10.0 Å². The maximum absolute atomic E-state index is 12.4. The average molecular weight is 493 g/mol. The molecule has 0 aliphatic carbocycles. The van der Waals surface area contributed by atoms with E-state index in [9.17, 15) is 13.2 Å². The van der Waals surface area contributed by atoms with Crippen molar-refractivity contribution in [2.24, 2.45) is 7.05 Å². The van der Waals surface area contributed by atoms with E-state index in [4.69, 9.17) is 0 Å². The van der Waals surface area contributed by atoms with Gasteiger partial charge in [-0.05, 0) is 62.5 Å². The highest BCUT2D eigenvalue weighted by atomic mass is 79.9. The van der Waals surface area contributed by atoms with Gasteiger partial charge in [0.25, 0.3) is 5.91 Å². The zero-order valence-electron chi connectivity index (χ0n) is 13.8. The number of sulfonamides is 1. The fraction of sp³-hybridized carbons (Fsp3) is 0.312. The van der Waals surface area contributed by atoms with E-state index in [0.29, 0.717) is 17.9 Å². The Labute approximate surface area is 164 Å². The van der Waals surface area contributed by atoms with Crippen molar-refractivity contribution in [3.63, 3.8) is 0 Å². The van der Waals surface area contributed by atoms with E-state index >= 15 is 0 Å². The molecule has 0 aliphatic rings. The molecule has 1 heterocycles. The standard InChI is InChI=1S/C16H19Br2N3O3S/c1-3-4-8-19-25(23,24)12-7-5-6-11(9-12)20-16(22)14-10-13(17)15(18)21(14)2/h5-7,9-10,19H,3-4,8H2,1-2H3,(H,20,22). The van der Waals surface area contributed by atoms with Crippen LogP contribution in [0.1, 0.15) is 30.3 Å². The van der Waals surface area contributed by atoms with Crippen molar-refractivity contribution in [2.45, 2.75) is 24.7 Å². The van der Waals surface area contributed by atoms with Crippen LogP contribution in [-0.4, -0.2) is 25.4 Å². The summed E-state index contributed by atoms with van der Waals surface area (Å²) in [6.07, 6.45) is 1.67. The number of nitrogens with one attached hydrogen (secondary N) is 2. The number of benzene rings is 1. The number of aromatic nitrogens is 1. The van der Waals surface area contributed by atoms with E-state index in [-0.39, 0.29) is 10.8 Å². The number of anilines is 1. The number of unbranched alkanes of at least 4 members (excludes halogenated alkanes) is 1. The zero-order chi connectivity index (χ0) is 18.6. The first-order valence-electron chi connectivity index (χ1n) is 7.68. The van der Waals surface area contributed by atoms with Gasteiger partial charge in [0.2, 0.25) is 10.0 Å². The second-order valence-corrected chi connectivity index (χ2v) is 8.83. The van der Waals surface area contributed by atoms with Crippen molar-refractivity contribution < 1.29 is 13.2 Å². The summed E-state index contributed by atoms with van der Waals surface area (Å²) in [5, 5.41) is 2.73. The topological polar surface area (TPSA) is 80.2 Å². The van der Waals surface area contributed by atoms with Gasteiger partial charge in [-0.3, -0.25) is 4.79 Å². The minimum atomic E-state index is -3.59. The van der Waals surface area contributed by atoms with Crippen LogP contribution >= 0.6 is 31.9 Å². The summed E-state index contributed by atoms with van der Waals surface area (Å²) in [4.78, 5) is 12.6. The van der Waals surface area contributed by atoms with E-state index in [1.165, 1.54) is 12.1 Å². The van der Waals surface area contributed by atoms with E-state index in [1.54, 1.807) is 29.8 Å². The second-order valence-electron chi connectivity index (χ2n) is 5.46. The quantitative estimate of drug-likeness (QED) is 0.575. The van der Waals surface area contributed by atoms with Gasteiger partial charge in [0.15, 0.2) is 0 Å². The number of amides is 1. The smallest absolute Gasteiger partial charge is 0.272 e. The number of carbonyl (C=O) groups is 1. The van der Waals surface area contributed by atoms with Gasteiger partial charge >= 0.3 is 0 Å². The molecule has 2 rings (SSSR count). The van der Waals surface area contributed by atoms with E-state index in [2.05, 4.69) is 41.9 Å². The van der Waals surface area contributed by atoms with Crippen LogP contribution in [0.15, 0.2) is 44.3 Å². The van der Waals surface area contributed by atoms with Crippen molar-refractivity contribution in [1.82, 2.24) is 9.29 Å². The number of hydrogen-bond acceptors (Lipinski definition) is 3. The largest absolute Gasteiger partial charge is 0.333 e. The highest BCUT2D eigenvalue weighted by Gasteiger charge is 2.17. The molecule has 0 bridgehead atoms. The maximum atomic E-state index is 12.4. The Kier molecular flexibility index (Phi) is 6.84. The van der Waals surface area contributed by atoms with E-state index in [1.807, 2.05) is 6.92 Å². The van der Waals surface area contributed by atoms with Crippen LogP contribution in [-0.2, 0) is 17.1 Å². The summed E-state index contributed by atoms with van der Waals surface area (Å²) < 4.78 is 30.3. The normalized spacial score (nSPS) is 11.5. The second kappa shape index (κ2) is 8.48. The van der Waals surface area contributed by atoms with Crippen LogP contribution in [0.25, 0.3) is 0 Å². The molecule has 1 aromatic carbocycles. The fourth-order valence-electron chi connectivity index (χ4n) is 2.16. The molecule has 0 saturated heterocycles. The molecule has 1 aromatic heterocycles. The van der Waals surface area contributed by atoms with Gasteiger partial charge in [0.05, 0.1) is 14.0 Å². The average Bonchev–Trinajstić information content (AvgIpc) is 2.83. The lowest BCUT2D eigenvalue weighted by Crippen LogP contribution is -2.25. The van der Waals surface area contributed by atoms with Crippen LogP contribution in [0, 0.1) is 0 Å². The summed E-state index contributed by atoms with van der Waals surface area (Å²) in [6.45, 7) is 2.38. The molecule has 0 radical (unpaired) electrons. The number of halogens is 2. The van der Waals surface area contributed by atoms with Crippen molar-refractivity contribution in [3.05, 3.63) is 45.1 Å². The highest BCUT2D eigenvalue weighted by molar-refractivity contribution is 9.13. The third kappa shape index (κ3) is 4.93. The molecule has 9 heteroatoms. The molecule has 0 unspecified atom stereocenters. The van der Waals surface area contributed by atoms with E-state index in [0.717, 1.165) is 21.9 Å². The molecule has 2 N–H and O–H groups in total. The van der Waals surface area contributed by atoms with Gasteiger partial charge in [-0.1, -0.05) is 19.4 Å². The first-order chi connectivity index (χ1) is 11.8. The van der Waals surface area contributed by atoms with Crippen molar-refractivity contribution in [2.75, 3.05) is 11.9 Å². The molecule has 136 valence electrons. The van der Waals surface area contributed by atoms with Gasteiger partial charge in [-0.15, -0.1) is 0 Å². The minimum absolute atomic E-state index is 0.121. The third-order valence-corrected chi connectivity index (χ3v) is 7.13. The van der Waals surface area contributed by atoms with Crippen LogP contribution in [0.2, 0.25) is 0 Å². The van der Waals surface area contributed by atoms with Gasteiger partial charge < -0.3 is 9.88 Å². The first-order valence-corrected chi connectivity index (χ1v) is 10.7. The molecule has 0 aliphatic heterocycles. The lowest BCUT2D eigenvalue weighted by Gasteiger charge is -2.10. The summed E-state index contributed by atoms with van der Waals surface area (Å²) in [5.74, 6) is -0.331. The number of rotatable bonds is 7. The SMILES string of the molecule is CCCCNS(=O)(=O)c1cccc(NC(=O)c2cc(Br)c(Br)n2C)c1. The molecule has 6 nitrogen and oxygen atoms in total. The predicted octanol–water partition coefficient (Wildman–Crippen LogP) is 3.88. The Morgan fingerprint density at radius 3 is 2.56 bits per heavy atom. The van der Waals surface area contributed by atoms with Gasteiger partial charge in [0.1, 0.15) is 5.69 Å². The maximum Gasteiger partial charge on any atom is 0.272 e. The monoisotopic (exact) mass is 491 g/mol. The summed E-state index contributed by atoms with van der Waals surface area (Å²) in [6, 6.07) is 7.88. The molecular formula is C16H19Br2N3O3S. The van der Waals surface area contributed by atoms with Crippen LogP contribution in [0.5, 0.6) is 0 Å². The molecule has 0 saturated carbocycles. The molecule has 2 aromatic rings. The Hall–Kier alpha value is -1.16. The van der Waals surface area contributed by atoms with Crippen molar-refractivity contribution >= 4 is 53.5 Å². The summed E-state index contributed by atoms with van der Waals surface area (Å²) in [5.41, 5.74) is 0.852. The number of carbonyl (C=O) groups excluding carboxylic acids is 1. The third-order valence-electron chi connectivity index (χ3n) is 3.57. The van der Waals surface area contributed by atoms with Crippen molar-refractivity contribution in [1.29, 1.82) is 0 Å². The Morgan fingerprint density at radius 1 is 1.24 bits per heavy atom. The van der Waals surface area contributed by atoms with Gasteiger partial charge in [-0.25, -0.2) is 13.1 Å². The zero-order valence-corrected chi connectivity index (χ0v) is 17.8. The minimum Gasteiger partial charge on any atom is -0.333 e. The molecule has 0 atom stereocenters. The Morgan fingerprint density at radius 2 is 1.96 bits per heavy atom. The van der Waals surface area contributed by atoms with Crippen LogP contribution in [0.3, 0.4) is 0 Å². The summed E-state index contributed by atoms with van der Waals surface area (Å²) in [7, 11) is -1.84. The van der Waals surface area contributed by atoms with Crippen molar-refractivity contribution in [3.8, 4) is 0 Å². The lowest BCUT2D eigenvalue weighted by atomic mass is 10.3. The van der Waals surface area contributed by atoms with Gasteiger partial charge in [-0.2, -0.15) is 0 Å². The molecular weight excluding hydrogens is 474 g/mol. The summed E-state index contributed by atoms with van der Waals surface area (Å²) >= 11 is 6.72. The lowest BCUT2D eigenvalue weighted by molar-refractivity contribution is 0.101. The molecule has 25 heavy (non-hydrogen) atoms. The predicted molar refractivity (Wildman–Crippen MR) is 105 cm³/mol. The van der Waals surface area contributed by atoms with Gasteiger partial charge in [0, 0.05) is 19.3 Å². The highest BCUT2D eigenvalue weighted by Crippen LogP contribution is 2.27. The molecule has 1 amide bonds. The first kappa shape index (κ1) is 20.2. The van der Waals surface area contributed by atoms with E-state index < -0.39 is 10.0 Å². The number of hydrogen-bond donors (Lipinski definition) is 2. The fourth-order valence-corrected chi connectivity index (χ4v) is 4.07. The Balaban J connectivity index is 2.18. The Bertz CT molecular complexity index is 879. The molecule has 0 fully saturated rings. The van der Waals surface area contributed by atoms with Crippen LogP contribution in [0.4, 0.5) is 5.69 Å². The molecule has 0 spiro atoms. The number of nitrogens with zero attached hydrogens (tertiary/aromatic N) is 1.